The fourth-order valence-corrected chi connectivity index (χ4v) is 8.50. The number of fused-ring (bicyclic) bond motifs is 8. The van der Waals surface area contributed by atoms with Gasteiger partial charge in [-0.2, -0.15) is 0 Å². The van der Waals surface area contributed by atoms with Crippen molar-refractivity contribution in [3.8, 4) is 33.4 Å². The number of hydrogen-bond donors (Lipinski definition) is 0. The van der Waals surface area contributed by atoms with Crippen molar-refractivity contribution in [1.29, 1.82) is 0 Å². The molecule has 0 saturated heterocycles. The van der Waals surface area contributed by atoms with E-state index in [1.807, 2.05) is 6.07 Å². The molecule has 1 heterocycles. The molecule has 56 heavy (non-hydrogen) atoms. The molecule has 1 aromatic heterocycles. The maximum atomic E-state index is 6.40. The van der Waals surface area contributed by atoms with Crippen LogP contribution in [-0.4, -0.2) is 0 Å². The Morgan fingerprint density at radius 1 is 0.286 bits per heavy atom. The maximum absolute atomic E-state index is 6.40. The molecule has 2 heteroatoms. The maximum Gasteiger partial charge on any atom is 0.136 e. The zero-order valence-corrected chi connectivity index (χ0v) is 30.6. The molecule has 10 aromatic carbocycles. The normalized spacial score (nSPS) is 11.6. The average molecular weight is 714 g/mol. The van der Waals surface area contributed by atoms with Gasteiger partial charge in [0.25, 0.3) is 0 Å². The first-order chi connectivity index (χ1) is 27.7. The molecule has 0 radical (unpaired) electrons. The lowest BCUT2D eigenvalue weighted by Gasteiger charge is -2.26. The summed E-state index contributed by atoms with van der Waals surface area (Å²) in [6.45, 7) is 0. The van der Waals surface area contributed by atoms with Gasteiger partial charge in [0.2, 0.25) is 0 Å². The van der Waals surface area contributed by atoms with Crippen molar-refractivity contribution in [3.63, 3.8) is 0 Å². The van der Waals surface area contributed by atoms with E-state index in [-0.39, 0.29) is 0 Å². The van der Waals surface area contributed by atoms with Crippen LogP contribution >= 0.6 is 0 Å². The topological polar surface area (TPSA) is 16.4 Å². The molecule has 0 aliphatic rings. The third-order valence-electron chi connectivity index (χ3n) is 11.2. The number of nitrogens with zero attached hydrogens (tertiary/aromatic N) is 1. The first kappa shape index (κ1) is 32.0. The van der Waals surface area contributed by atoms with E-state index < -0.39 is 0 Å². The van der Waals surface area contributed by atoms with Gasteiger partial charge in [-0.05, 0) is 126 Å². The Bertz CT molecular complexity index is 3220. The highest BCUT2D eigenvalue weighted by Gasteiger charge is 2.17. The van der Waals surface area contributed by atoms with Crippen LogP contribution in [0.15, 0.2) is 217 Å². The highest BCUT2D eigenvalue weighted by atomic mass is 16.3. The van der Waals surface area contributed by atoms with Gasteiger partial charge in [-0.15, -0.1) is 0 Å². The van der Waals surface area contributed by atoms with Crippen LogP contribution < -0.4 is 4.90 Å². The summed E-state index contributed by atoms with van der Waals surface area (Å²) in [6.07, 6.45) is 0. The fraction of sp³-hybridized carbons (Fsp3) is 0. The third kappa shape index (κ3) is 5.42. The summed E-state index contributed by atoms with van der Waals surface area (Å²) in [6, 6.07) is 76.4. The first-order valence-electron chi connectivity index (χ1n) is 19.2. The molecule has 11 aromatic rings. The van der Waals surface area contributed by atoms with Crippen molar-refractivity contribution in [2.75, 3.05) is 4.90 Å². The van der Waals surface area contributed by atoms with E-state index in [1.54, 1.807) is 0 Å². The SMILES string of the molecule is c1ccc(-c2cc3oc4ccccc4c3c3ccc(-c4ccc(N(c5ccccc5)c5ccc(-c6ccc7c(ccc8ccccc87)c6)cc5)cc4)cc23)cc1. The van der Waals surface area contributed by atoms with E-state index >= 15 is 0 Å². The predicted molar refractivity (Wildman–Crippen MR) is 237 cm³/mol. The second-order valence-electron chi connectivity index (χ2n) is 14.5. The van der Waals surface area contributed by atoms with Gasteiger partial charge in [-0.1, -0.05) is 152 Å². The summed E-state index contributed by atoms with van der Waals surface area (Å²) in [5.74, 6) is 0. The molecule has 262 valence electrons. The molecule has 0 atom stereocenters. The van der Waals surface area contributed by atoms with Crippen LogP contribution in [0.2, 0.25) is 0 Å². The minimum Gasteiger partial charge on any atom is -0.456 e. The highest BCUT2D eigenvalue weighted by Crippen LogP contribution is 2.42. The van der Waals surface area contributed by atoms with Crippen molar-refractivity contribution in [3.05, 3.63) is 212 Å². The minimum absolute atomic E-state index is 0.911. The van der Waals surface area contributed by atoms with Crippen molar-refractivity contribution in [2.45, 2.75) is 0 Å². The van der Waals surface area contributed by atoms with Gasteiger partial charge < -0.3 is 9.32 Å². The lowest BCUT2D eigenvalue weighted by atomic mass is 9.92. The number of hydrogen-bond acceptors (Lipinski definition) is 2. The fourth-order valence-electron chi connectivity index (χ4n) is 8.50. The number of para-hydroxylation sites is 2. The average Bonchev–Trinajstić information content (AvgIpc) is 3.66. The number of anilines is 3. The smallest absolute Gasteiger partial charge is 0.136 e. The van der Waals surface area contributed by atoms with Gasteiger partial charge >= 0.3 is 0 Å². The summed E-state index contributed by atoms with van der Waals surface area (Å²) in [7, 11) is 0. The van der Waals surface area contributed by atoms with Crippen molar-refractivity contribution in [1.82, 2.24) is 0 Å². The summed E-state index contributed by atoms with van der Waals surface area (Å²) in [5, 5.41) is 9.81. The second-order valence-corrected chi connectivity index (χ2v) is 14.5. The largest absolute Gasteiger partial charge is 0.456 e. The Labute approximate surface area is 325 Å². The Morgan fingerprint density at radius 2 is 0.821 bits per heavy atom. The monoisotopic (exact) mass is 713 g/mol. The summed E-state index contributed by atoms with van der Waals surface area (Å²) >= 11 is 0. The van der Waals surface area contributed by atoms with Crippen molar-refractivity contribution in [2.24, 2.45) is 0 Å². The summed E-state index contributed by atoms with van der Waals surface area (Å²) in [5.41, 5.74) is 12.2. The van der Waals surface area contributed by atoms with E-state index in [0.29, 0.717) is 0 Å². The zero-order valence-electron chi connectivity index (χ0n) is 30.6. The number of furan rings is 1. The lowest BCUT2D eigenvalue weighted by Crippen LogP contribution is -2.09. The summed E-state index contributed by atoms with van der Waals surface area (Å²) < 4.78 is 6.40. The van der Waals surface area contributed by atoms with Crippen LogP contribution in [-0.2, 0) is 0 Å². The Morgan fingerprint density at radius 3 is 1.55 bits per heavy atom. The van der Waals surface area contributed by atoms with Crippen LogP contribution in [0.1, 0.15) is 0 Å². The van der Waals surface area contributed by atoms with E-state index in [4.69, 9.17) is 4.42 Å². The molecule has 0 bridgehead atoms. The quantitative estimate of drug-likeness (QED) is 0.160. The van der Waals surface area contributed by atoms with Crippen LogP contribution in [0.4, 0.5) is 17.1 Å². The van der Waals surface area contributed by atoms with Gasteiger partial charge in [-0.3, -0.25) is 0 Å². The van der Waals surface area contributed by atoms with Gasteiger partial charge in [0.1, 0.15) is 11.2 Å². The molecule has 0 unspecified atom stereocenters. The second kappa shape index (κ2) is 13.2. The molecule has 11 rings (SSSR count). The van der Waals surface area contributed by atoms with E-state index in [2.05, 4.69) is 211 Å². The molecule has 0 aliphatic heterocycles. The van der Waals surface area contributed by atoms with Crippen LogP contribution in [0.5, 0.6) is 0 Å². The van der Waals surface area contributed by atoms with Gasteiger partial charge in [0.15, 0.2) is 0 Å². The van der Waals surface area contributed by atoms with E-state index in [1.165, 1.54) is 65.7 Å². The van der Waals surface area contributed by atoms with E-state index in [0.717, 1.165) is 39.0 Å². The molecule has 0 spiro atoms. The van der Waals surface area contributed by atoms with Gasteiger partial charge in [0.05, 0.1) is 0 Å². The first-order valence-corrected chi connectivity index (χ1v) is 19.2. The van der Waals surface area contributed by atoms with Crippen LogP contribution in [0, 0.1) is 0 Å². The predicted octanol–water partition coefficient (Wildman–Crippen LogP) is 15.5. The standard InChI is InChI=1S/C54H35NO/c1-3-11-38(12-4-1)50-35-53-54(49-17-9-10-18-52(49)56-53)48-32-26-41(34-51(48)50)37-23-29-45(30-24-37)55(43-14-5-2-6-15-43)44-27-21-36(22-28-44)40-25-31-47-42(33-40)20-19-39-13-7-8-16-46(39)47/h1-35H. The van der Waals surface area contributed by atoms with Crippen molar-refractivity contribution < 1.29 is 4.42 Å². The zero-order chi connectivity index (χ0) is 37.0. The van der Waals surface area contributed by atoms with E-state index in [9.17, 15) is 0 Å². The van der Waals surface area contributed by atoms with Crippen LogP contribution in [0.25, 0.3) is 87.6 Å². The molecular formula is C54H35NO. The van der Waals surface area contributed by atoms with Crippen LogP contribution in [0.3, 0.4) is 0 Å². The Kier molecular flexibility index (Phi) is 7.53. The summed E-state index contributed by atoms with van der Waals surface area (Å²) in [4.78, 5) is 2.33. The molecule has 2 nitrogen and oxygen atoms in total. The number of rotatable bonds is 6. The van der Waals surface area contributed by atoms with Gasteiger partial charge in [0, 0.05) is 27.8 Å². The lowest BCUT2D eigenvalue weighted by molar-refractivity contribution is 0.669. The van der Waals surface area contributed by atoms with Crippen molar-refractivity contribution >= 4 is 71.3 Å². The molecule has 0 saturated carbocycles. The Balaban J connectivity index is 0.967. The van der Waals surface area contributed by atoms with Gasteiger partial charge in [-0.25, -0.2) is 0 Å². The molecule has 0 aliphatic carbocycles. The Hall–Kier alpha value is -7.42. The molecule has 0 N–H and O–H groups in total. The minimum atomic E-state index is 0.911. The number of benzene rings is 10. The molecule has 0 amide bonds. The highest BCUT2D eigenvalue weighted by molar-refractivity contribution is 6.22. The third-order valence-corrected chi connectivity index (χ3v) is 11.2. The molecule has 0 fully saturated rings. The molecular weight excluding hydrogens is 679 g/mol.